The first kappa shape index (κ1) is 23.0. The molecule has 2 aromatic carbocycles. The zero-order valence-electron chi connectivity index (χ0n) is 18.7. The van der Waals surface area contributed by atoms with Crippen LogP contribution in [-0.4, -0.2) is 38.8 Å². The van der Waals surface area contributed by atoms with Gasteiger partial charge in [-0.1, -0.05) is 36.4 Å². The average Bonchev–Trinajstić information content (AvgIpc) is 3.16. The van der Waals surface area contributed by atoms with Gasteiger partial charge in [-0.3, -0.25) is 4.79 Å². The van der Waals surface area contributed by atoms with Crippen LogP contribution in [0.15, 0.2) is 54.6 Å². The number of ether oxygens (including phenoxy) is 1. The van der Waals surface area contributed by atoms with Gasteiger partial charge >= 0.3 is 5.97 Å². The highest BCUT2D eigenvalue weighted by Gasteiger charge is 2.49. The lowest BCUT2D eigenvalue weighted by Crippen LogP contribution is -2.40. The van der Waals surface area contributed by atoms with Gasteiger partial charge in [-0.15, -0.1) is 11.3 Å². The predicted octanol–water partition coefficient (Wildman–Crippen LogP) is 4.90. The van der Waals surface area contributed by atoms with Crippen molar-refractivity contribution in [2.24, 2.45) is 0 Å². The standard InChI is InChI=1S/C25H29NO4S2/c1-24(2,3)30-23(27)17-25(12-13-26-14-15-32(25,28)29)22-11-10-21(31-22)20-9-8-18-6-4-5-7-19(18)16-20/h4-11,16,26H,12-15,17H2,1-3H3. The van der Waals surface area contributed by atoms with Gasteiger partial charge in [-0.25, -0.2) is 8.42 Å². The van der Waals surface area contributed by atoms with Crippen LogP contribution in [0.25, 0.3) is 21.2 Å². The van der Waals surface area contributed by atoms with E-state index >= 15 is 0 Å². The minimum absolute atomic E-state index is 0.000986. The Hall–Kier alpha value is -2.22. The first-order chi connectivity index (χ1) is 15.1. The Morgan fingerprint density at radius 1 is 1.06 bits per heavy atom. The summed E-state index contributed by atoms with van der Waals surface area (Å²) in [5.41, 5.74) is 0.369. The van der Waals surface area contributed by atoms with Crippen molar-refractivity contribution in [1.82, 2.24) is 5.32 Å². The number of rotatable bonds is 4. The number of nitrogens with one attached hydrogen (secondary N) is 1. The van der Waals surface area contributed by atoms with Gasteiger partial charge in [0.1, 0.15) is 10.3 Å². The quantitative estimate of drug-likeness (QED) is 0.548. The fourth-order valence-electron chi connectivity index (χ4n) is 4.23. The Balaban J connectivity index is 1.76. The monoisotopic (exact) mass is 471 g/mol. The average molecular weight is 472 g/mol. The SMILES string of the molecule is CC(C)(C)OC(=O)CC1(c2ccc(-c3ccc4ccccc4c3)s2)CCNCCS1(=O)=O. The van der Waals surface area contributed by atoms with Gasteiger partial charge in [0.2, 0.25) is 0 Å². The van der Waals surface area contributed by atoms with Crippen molar-refractivity contribution in [3.63, 3.8) is 0 Å². The first-order valence-electron chi connectivity index (χ1n) is 10.8. The number of carbonyl (C=O) groups is 1. The molecule has 0 spiro atoms. The molecule has 2 heterocycles. The molecule has 5 nitrogen and oxygen atoms in total. The molecule has 32 heavy (non-hydrogen) atoms. The number of sulfone groups is 1. The van der Waals surface area contributed by atoms with E-state index in [2.05, 4.69) is 35.6 Å². The highest BCUT2D eigenvalue weighted by molar-refractivity contribution is 7.92. The third-order valence-electron chi connectivity index (χ3n) is 5.79. The van der Waals surface area contributed by atoms with E-state index in [1.165, 1.54) is 11.3 Å². The lowest BCUT2D eigenvalue weighted by molar-refractivity contribution is -0.155. The van der Waals surface area contributed by atoms with Crippen LogP contribution in [0, 0.1) is 0 Å². The molecular weight excluding hydrogens is 442 g/mol. The highest BCUT2D eigenvalue weighted by atomic mass is 32.2. The van der Waals surface area contributed by atoms with Crippen LogP contribution in [0.2, 0.25) is 0 Å². The summed E-state index contributed by atoms with van der Waals surface area (Å²) in [6, 6.07) is 18.3. The summed E-state index contributed by atoms with van der Waals surface area (Å²) in [7, 11) is -3.58. The molecule has 1 unspecified atom stereocenters. The van der Waals surface area contributed by atoms with Gasteiger partial charge in [0.15, 0.2) is 9.84 Å². The van der Waals surface area contributed by atoms with Crippen molar-refractivity contribution in [2.75, 3.05) is 18.8 Å². The fraction of sp³-hybridized carbons (Fsp3) is 0.400. The predicted molar refractivity (Wildman–Crippen MR) is 131 cm³/mol. The summed E-state index contributed by atoms with van der Waals surface area (Å²) in [5.74, 6) is -0.484. The van der Waals surface area contributed by atoms with Crippen LogP contribution in [0.1, 0.15) is 38.5 Å². The van der Waals surface area contributed by atoms with Crippen molar-refractivity contribution in [3.8, 4) is 10.4 Å². The van der Waals surface area contributed by atoms with E-state index < -0.39 is 26.2 Å². The third kappa shape index (κ3) is 4.60. The molecule has 170 valence electrons. The number of benzene rings is 2. The Bertz CT molecular complexity index is 1240. The van der Waals surface area contributed by atoms with Crippen LogP contribution < -0.4 is 5.32 Å². The summed E-state index contributed by atoms with van der Waals surface area (Å²) in [6.07, 6.45) is 0.165. The maximum atomic E-state index is 13.5. The zero-order chi connectivity index (χ0) is 23.0. The lowest BCUT2D eigenvalue weighted by atomic mass is 9.97. The molecule has 1 N–H and O–H groups in total. The molecular formula is C25H29NO4S2. The largest absolute Gasteiger partial charge is 0.460 e. The van der Waals surface area contributed by atoms with Crippen molar-refractivity contribution in [2.45, 2.75) is 44.0 Å². The molecule has 7 heteroatoms. The highest BCUT2D eigenvalue weighted by Crippen LogP contribution is 2.45. The molecule has 0 saturated carbocycles. The van der Waals surface area contributed by atoms with E-state index in [0.717, 1.165) is 21.2 Å². The molecule has 1 aromatic heterocycles. The van der Waals surface area contributed by atoms with Gasteiger partial charge in [0.05, 0.1) is 12.2 Å². The van der Waals surface area contributed by atoms with Crippen LogP contribution >= 0.6 is 11.3 Å². The van der Waals surface area contributed by atoms with Crippen LogP contribution in [0.4, 0.5) is 0 Å². The molecule has 4 rings (SSSR count). The molecule has 3 aromatic rings. The van der Waals surface area contributed by atoms with Crippen LogP contribution in [-0.2, 0) is 24.1 Å². The fourth-order valence-corrected chi connectivity index (χ4v) is 7.78. The van der Waals surface area contributed by atoms with Gasteiger partial charge in [0.25, 0.3) is 0 Å². The van der Waals surface area contributed by atoms with E-state index in [-0.39, 0.29) is 12.2 Å². The van der Waals surface area contributed by atoms with Gasteiger partial charge < -0.3 is 10.1 Å². The third-order valence-corrected chi connectivity index (χ3v) is 9.76. The molecule has 0 amide bonds. The Morgan fingerprint density at radius 2 is 1.81 bits per heavy atom. The summed E-state index contributed by atoms with van der Waals surface area (Å²) in [4.78, 5) is 14.5. The topological polar surface area (TPSA) is 72.5 Å². The van der Waals surface area contributed by atoms with E-state index in [4.69, 9.17) is 4.74 Å². The molecule has 1 aliphatic rings. The van der Waals surface area contributed by atoms with Crippen molar-refractivity contribution in [3.05, 3.63) is 59.5 Å². The Kier molecular flexibility index (Phi) is 6.18. The molecule has 1 atom stereocenters. The summed E-state index contributed by atoms with van der Waals surface area (Å²) < 4.78 is 31.3. The number of thiophene rings is 1. The number of fused-ring (bicyclic) bond motifs is 1. The second-order valence-corrected chi connectivity index (χ2v) is 12.8. The van der Waals surface area contributed by atoms with Crippen molar-refractivity contribution < 1.29 is 17.9 Å². The number of hydrogen-bond acceptors (Lipinski definition) is 6. The summed E-state index contributed by atoms with van der Waals surface area (Å²) in [6.45, 7) is 6.31. The summed E-state index contributed by atoms with van der Waals surface area (Å²) in [5, 5.41) is 5.47. The second kappa shape index (κ2) is 8.61. The smallest absolute Gasteiger partial charge is 0.308 e. The molecule has 1 aliphatic heterocycles. The van der Waals surface area contributed by atoms with Crippen LogP contribution in [0.5, 0.6) is 0 Å². The molecule has 0 radical (unpaired) electrons. The van der Waals surface area contributed by atoms with E-state index in [1.807, 2.05) is 24.3 Å². The number of esters is 1. The van der Waals surface area contributed by atoms with Crippen molar-refractivity contribution >= 4 is 37.9 Å². The van der Waals surface area contributed by atoms with E-state index in [9.17, 15) is 13.2 Å². The van der Waals surface area contributed by atoms with Crippen molar-refractivity contribution in [1.29, 1.82) is 0 Å². The first-order valence-corrected chi connectivity index (χ1v) is 13.3. The maximum Gasteiger partial charge on any atom is 0.308 e. The van der Waals surface area contributed by atoms with Gasteiger partial charge in [0, 0.05) is 16.3 Å². The molecule has 0 bridgehead atoms. The van der Waals surface area contributed by atoms with E-state index in [0.29, 0.717) is 24.4 Å². The van der Waals surface area contributed by atoms with Gasteiger partial charge in [-0.05, 0) is 68.3 Å². The lowest BCUT2D eigenvalue weighted by Gasteiger charge is -2.31. The van der Waals surface area contributed by atoms with E-state index in [1.54, 1.807) is 20.8 Å². The number of carbonyl (C=O) groups excluding carboxylic acids is 1. The van der Waals surface area contributed by atoms with Crippen LogP contribution in [0.3, 0.4) is 0 Å². The van der Waals surface area contributed by atoms with Gasteiger partial charge in [-0.2, -0.15) is 0 Å². The number of hydrogen-bond donors (Lipinski definition) is 1. The maximum absolute atomic E-state index is 13.5. The summed E-state index contributed by atoms with van der Waals surface area (Å²) >= 11 is 1.46. The molecule has 1 fully saturated rings. The molecule has 0 aliphatic carbocycles. The molecule has 1 saturated heterocycles. The Labute approximate surface area is 193 Å². The minimum atomic E-state index is -3.58. The Morgan fingerprint density at radius 3 is 2.56 bits per heavy atom. The normalized spacial score (nSPS) is 21.2. The minimum Gasteiger partial charge on any atom is -0.460 e. The second-order valence-electron chi connectivity index (χ2n) is 9.30. The zero-order valence-corrected chi connectivity index (χ0v) is 20.3.